The highest BCUT2D eigenvalue weighted by atomic mass is 35.5. The Bertz CT molecular complexity index is 575. The van der Waals surface area contributed by atoms with Crippen LogP contribution in [0.1, 0.15) is 6.92 Å². The van der Waals surface area contributed by atoms with Crippen LogP contribution in [0.15, 0.2) is 23.1 Å². The van der Waals surface area contributed by atoms with E-state index in [1.807, 2.05) is 0 Å². The minimum Gasteiger partial charge on any atom is -0.396 e. The largest absolute Gasteiger partial charge is 0.396 e. The predicted octanol–water partition coefficient (Wildman–Crippen LogP) is 1.15. The van der Waals surface area contributed by atoms with Crippen LogP contribution in [0.4, 0.5) is 5.69 Å². The van der Waals surface area contributed by atoms with Crippen LogP contribution in [-0.2, 0) is 10.0 Å². The second kappa shape index (κ2) is 6.29. The van der Waals surface area contributed by atoms with E-state index in [0.29, 0.717) is 0 Å². The fourth-order valence-electron chi connectivity index (χ4n) is 1.20. The van der Waals surface area contributed by atoms with Gasteiger partial charge in [0.1, 0.15) is 5.02 Å². The van der Waals surface area contributed by atoms with Gasteiger partial charge >= 0.3 is 0 Å². The molecule has 1 rings (SSSR count). The molecule has 0 aliphatic rings. The number of sulfonamides is 1. The molecule has 0 aliphatic heterocycles. The molecule has 0 bridgehead atoms. The van der Waals surface area contributed by atoms with Gasteiger partial charge in [0.25, 0.3) is 5.69 Å². The summed E-state index contributed by atoms with van der Waals surface area (Å²) in [6.45, 7) is 1.53. The minimum atomic E-state index is -3.86. The van der Waals surface area contributed by atoms with Gasteiger partial charge in [-0.05, 0) is 18.1 Å². The fourth-order valence-corrected chi connectivity index (χ4v) is 2.57. The lowest BCUT2D eigenvalue weighted by molar-refractivity contribution is -0.384. The zero-order valence-electron chi connectivity index (χ0n) is 10.0. The summed E-state index contributed by atoms with van der Waals surface area (Å²) in [5, 5.41) is 19.4. The van der Waals surface area contributed by atoms with Crippen molar-refractivity contribution in [2.45, 2.75) is 11.8 Å². The highest BCUT2D eigenvalue weighted by molar-refractivity contribution is 7.89. The van der Waals surface area contributed by atoms with Crippen LogP contribution in [0.3, 0.4) is 0 Å². The Balaban J connectivity index is 3.02. The topological polar surface area (TPSA) is 110 Å². The first-order chi connectivity index (χ1) is 8.77. The van der Waals surface area contributed by atoms with Gasteiger partial charge in [0, 0.05) is 19.2 Å². The van der Waals surface area contributed by atoms with Crippen molar-refractivity contribution in [1.29, 1.82) is 0 Å². The molecule has 7 nitrogen and oxygen atoms in total. The number of halogens is 1. The van der Waals surface area contributed by atoms with Crippen molar-refractivity contribution in [2.24, 2.45) is 5.92 Å². The number of nitro groups is 1. The maximum absolute atomic E-state index is 11.9. The Labute approximate surface area is 115 Å². The molecule has 0 spiro atoms. The molecule has 0 aromatic heterocycles. The van der Waals surface area contributed by atoms with Crippen molar-refractivity contribution in [2.75, 3.05) is 13.2 Å². The predicted molar refractivity (Wildman–Crippen MR) is 69.5 cm³/mol. The van der Waals surface area contributed by atoms with Gasteiger partial charge in [-0.15, -0.1) is 0 Å². The monoisotopic (exact) mass is 308 g/mol. The Morgan fingerprint density at radius 3 is 2.68 bits per heavy atom. The van der Waals surface area contributed by atoms with Crippen molar-refractivity contribution < 1.29 is 18.4 Å². The third-order valence-corrected chi connectivity index (χ3v) is 4.10. The number of nitrogens with one attached hydrogen (secondary N) is 1. The molecule has 0 fully saturated rings. The second-order valence-electron chi connectivity index (χ2n) is 4.01. The standard InChI is InChI=1S/C10H13ClN2O5S/c1-7(6-14)5-12-19(17,18)8-2-3-9(11)10(4-8)13(15)16/h2-4,7,12,14H,5-6H2,1H3. The van der Waals surface area contributed by atoms with Gasteiger partial charge in [0.2, 0.25) is 10.0 Å². The maximum atomic E-state index is 11.9. The van der Waals surface area contributed by atoms with Crippen LogP contribution in [-0.4, -0.2) is 31.6 Å². The smallest absolute Gasteiger partial charge is 0.289 e. The summed E-state index contributed by atoms with van der Waals surface area (Å²) in [5.41, 5.74) is -0.472. The van der Waals surface area contributed by atoms with Gasteiger partial charge in [-0.2, -0.15) is 0 Å². The zero-order valence-corrected chi connectivity index (χ0v) is 11.6. The molecule has 0 radical (unpaired) electrons. The molecule has 1 aromatic carbocycles. The third kappa shape index (κ3) is 4.13. The van der Waals surface area contributed by atoms with Crippen LogP contribution in [0.25, 0.3) is 0 Å². The summed E-state index contributed by atoms with van der Waals surface area (Å²) in [6, 6.07) is 3.24. The highest BCUT2D eigenvalue weighted by Crippen LogP contribution is 2.26. The molecule has 1 aromatic rings. The SMILES string of the molecule is CC(CO)CNS(=O)(=O)c1ccc(Cl)c([N+](=O)[O-])c1. The molecule has 1 atom stereocenters. The second-order valence-corrected chi connectivity index (χ2v) is 6.18. The number of aliphatic hydroxyl groups excluding tert-OH is 1. The van der Waals surface area contributed by atoms with Gasteiger partial charge < -0.3 is 5.11 Å². The first kappa shape index (κ1) is 15.8. The van der Waals surface area contributed by atoms with Crippen LogP contribution >= 0.6 is 11.6 Å². The van der Waals surface area contributed by atoms with Crippen LogP contribution in [0, 0.1) is 16.0 Å². The molecule has 0 saturated carbocycles. The first-order valence-electron chi connectivity index (χ1n) is 5.32. The molecule has 2 N–H and O–H groups in total. The van der Waals surface area contributed by atoms with E-state index in [2.05, 4.69) is 4.72 Å². The average molecular weight is 309 g/mol. The van der Waals surface area contributed by atoms with Gasteiger partial charge in [0.05, 0.1) is 9.82 Å². The summed E-state index contributed by atoms with van der Waals surface area (Å²) < 4.78 is 26.0. The van der Waals surface area contributed by atoms with E-state index < -0.39 is 20.6 Å². The Kier molecular flexibility index (Phi) is 5.24. The van der Waals surface area contributed by atoms with E-state index in [1.54, 1.807) is 6.92 Å². The molecule has 0 saturated heterocycles. The van der Waals surface area contributed by atoms with Crippen molar-refractivity contribution in [3.05, 3.63) is 33.3 Å². The fraction of sp³-hybridized carbons (Fsp3) is 0.400. The first-order valence-corrected chi connectivity index (χ1v) is 7.18. The van der Waals surface area contributed by atoms with E-state index in [0.717, 1.165) is 12.1 Å². The number of aliphatic hydroxyl groups is 1. The maximum Gasteiger partial charge on any atom is 0.289 e. The van der Waals surface area contributed by atoms with Gasteiger partial charge in [-0.3, -0.25) is 10.1 Å². The average Bonchev–Trinajstić information content (AvgIpc) is 2.35. The van der Waals surface area contributed by atoms with E-state index in [1.165, 1.54) is 6.07 Å². The Morgan fingerprint density at radius 1 is 1.53 bits per heavy atom. The van der Waals surface area contributed by atoms with Gasteiger partial charge in [-0.1, -0.05) is 18.5 Å². The van der Waals surface area contributed by atoms with Crippen LogP contribution in [0.2, 0.25) is 5.02 Å². The molecule has 0 heterocycles. The van der Waals surface area contributed by atoms with Crippen molar-refractivity contribution in [3.63, 3.8) is 0 Å². The molecule has 9 heteroatoms. The number of hydrogen-bond acceptors (Lipinski definition) is 5. The number of hydrogen-bond donors (Lipinski definition) is 2. The van der Waals surface area contributed by atoms with E-state index in [-0.39, 0.29) is 29.0 Å². The van der Waals surface area contributed by atoms with E-state index in [9.17, 15) is 18.5 Å². The molecule has 1 unspecified atom stereocenters. The lowest BCUT2D eigenvalue weighted by atomic mass is 10.2. The minimum absolute atomic E-state index is 0.0370. The van der Waals surface area contributed by atoms with Crippen molar-refractivity contribution >= 4 is 27.3 Å². The quantitative estimate of drug-likeness (QED) is 0.605. The number of nitro benzene ring substituents is 1. The summed E-state index contributed by atoms with van der Waals surface area (Å²) in [5.74, 6) is -0.253. The summed E-state index contributed by atoms with van der Waals surface area (Å²) in [7, 11) is -3.86. The molecule has 0 aliphatic carbocycles. The van der Waals surface area contributed by atoms with E-state index in [4.69, 9.17) is 16.7 Å². The number of rotatable bonds is 6. The summed E-state index contributed by atoms with van der Waals surface area (Å²) in [4.78, 5) is 9.69. The molecular formula is C10H13ClN2O5S. The Hall–Kier alpha value is -1.22. The highest BCUT2D eigenvalue weighted by Gasteiger charge is 2.20. The molecule has 0 amide bonds. The lowest BCUT2D eigenvalue weighted by Crippen LogP contribution is -2.29. The van der Waals surface area contributed by atoms with Crippen molar-refractivity contribution in [3.8, 4) is 0 Å². The lowest BCUT2D eigenvalue weighted by Gasteiger charge is -2.10. The Morgan fingerprint density at radius 2 is 2.16 bits per heavy atom. The van der Waals surface area contributed by atoms with Gasteiger partial charge in [0.15, 0.2) is 0 Å². The van der Waals surface area contributed by atoms with E-state index >= 15 is 0 Å². The zero-order chi connectivity index (χ0) is 14.6. The summed E-state index contributed by atoms with van der Waals surface area (Å²) >= 11 is 5.60. The van der Waals surface area contributed by atoms with Crippen LogP contribution in [0.5, 0.6) is 0 Å². The number of benzene rings is 1. The molecule has 106 valence electrons. The molecular weight excluding hydrogens is 296 g/mol. The molecule has 19 heavy (non-hydrogen) atoms. The van der Waals surface area contributed by atoms with Crippen LogP contribution < -0.4 is 4.72 Å². The normalized spacial score (nSPS) is 13.2. The number of nitrogens with zero attached hydrogens (tertiary/aromatic N) is 1. The summed E-state index contributed by atoms with van der Waals surface area (Å²) in [6.07, 6.45) is 0. The van der Waals surface area contributed by atoms with Crippen molar-refractivity contribution in [1.82, 2.24) is 4.72 Å². The van der Waals surface area contributed by atoms with Gasteiger partial charge in [-0.25, -0.2) is 13.1 Å². The third-order valence-electron chi connectivity index (χ3n) is 2.36.